The molecule has 0 bridgehead atoms. The molecule has 6 nitrogen and oxygen atoms in total. The van der Waals surface area contributed by atoms with Gasteiger partial charge >= 0.3 is 13.2 Å². The molecule has 0 aliphatic carbocycles. The SMILES string of the molecule is Cc1ncc(OC(N)=O)cc1B1OC(C)(C)C(C)(C)O1. The molecule has 1 saturated heterocycles. The summed E-state index contributed by atoms with van der Waals surface area (Å²) < 4.78 is 16.8. The molecule has 1 aromatic rings. The van der Waals surface area contributed by atoms with Gasteiger partial charge in [0, 0.05) is 11.2 Å². The van der Waals surface area contributed by atoms with Gasteiger partial charge in [-0.15, -0.1) is 0 Å². The lowest BCUT2D eigenvalue weighted by molar-refractivity contribution is 0.00578. The zero-order chi connectivity index (χ0) is 15.1. The van der Waals surface area contributed by atoms with Crippen LogP contribution >= 0.6 is 0 Å². The molecule has 20 heavy (non-hydrogen) atoms. The van der Waals surface area contributed by atoms with Crippen LogP contribution in [0.1, 0.15) is 33.4 Å². The molecule has 1 aromatic heterocycles. The predicted octanol–water partition coefficient (Wildman–Crippen LogP) is 1.15. The Hall–Kier alpha value is -1.60. The minimum atomic E-state index is -0.879. The van der Waals surface area contributed by atoms with Gasteiger partial charge in [-0.25, -0.2) is 4.79 Å². The lowest BCUT2D eigenvalue weighted by atomic mass is 9.78. The number of amides is 1. The Balaban J connectivity index is 2.32. The molecule has 0 atom stereocenters. The van der Waals surface area contributed by atoms with Gasteiger partial charge in [0.15, 0.2) is 5.75 Å². The van der Waals surface area contributed by atoms with Crippen LogP contribution in [0.25, 0.3) is 0 Å². The van der Waals surface area contributed by atoms with Crippen molar-refractivity contribution in [1.29, 1.82) is 0 Å². The number of carbonyl (C=O) groups excluding carboxylic acids is 1. The van der Waals surface area contributed by atoms with Crippen LogP contribution in [0.5, 0.6) is 5.75 Å². The van der Waals surface area contributed by atoms with E-state index in [0.717, 1.165) is 11.2 Å². The Bertz CT molecular complexity index is 529. The first kappa shape index (κ1) is 14.8. The van der Waals surface area contributed by atoms with Crippen LogP contribution in [0.4, 0.5) is 4.79 Å². The van der Waals surface area contributed by atoms with Gasteiger partial charge < -0.3 is 19.8 Å². The van der Waals surface area contributed by atoms with Crippen molar-refractivity contribution in [2.45, 2.75) is 45.8 Å². The van der Waals surface area contributed by atoms with E-state index >= 15 is 0 Å². The second kappa shape index (κ2) is 4.75. The molecular weight excluding hydrogens is 259 g/mol. The number of primary amides is 1. The maximum Gasteiger partial charge on any atom is 0.496 e. The highest BCUT2D eigenvalue weighted by Gasteiger charge is 2.52. The van der Waals surface area contributed by atoms with E-state index in [2.05, 4.69) is 4.98 Å². The van der Waals surface area contributed by atoms with Crippen molar-refractivity contribution in [2.75, 3.05) is 0 Å². The average molecular weight is 278 g/mol. The van der Waals surface area contributed by atoms with E-state index in [0.29, 0.717) is 0 Å². The number of rotatable bonds is 2. The first-order valence-corrected chi connectivity index (χ1v) is 6.42. The molecule has 2 rings (SSSR count). The highest BCUT2D eigenvalue weighted by Crippen LogP contribution is 2.36. The summed E-state index contributed by atoms with van der Waals surface area (Å²) in [5.41, 5.74) is 5.60. The lowest BCUT2D eigenvalue weighted by Crippen LogP contribution is -2.41. The summed E-state index contributed by atoms with van der Waals surface area (Å²) in [6, 6.07) is 1.66. The Labute approximate surface area is 118 Å². The Morgan fingerprint density at radius 1 is 1.30 bits per heavy atom. The second-order valence-electron chi connectivity index (χ2n) is 5.86. The van der Waals surface area contributed by atoms with Crippen LogP contribution in [0.3, 0.4) is 0 Å². The standard InChI is InChI=1S/C13H19BN2O4/c1-8-10(6-9(7-16-8)18-11(15)17)14-19-12(2,3)13(4,5)20-14/h6-7H,1-5H3,(H2,15,17). The molecule has 1 fully saturated rings. The number of nitrogens with zero attached hydrogens (tertiary/aromatic N) is 1. The topological polar surface area (TPSA) is 83.7 Å². The van der Waals surface area contributed by atoms with E-state index in [-0.39, 0.29) is 5.75 Å². The number of pyridine rings is 1. The van der Waals surface area contributed by atoms with Crippen LogP contribution < -0.4 is 15.9 Å². The molecule has 1 amide bonds. The van der Waals surface area contributed by atoms with Gasteiger partial charge in [-0.05, 0) is 40.7 Å². The van der Waals surface area contributed by atoms with Crippen LogP contribution in [-0.4, -0.2) is 29.4 Å². The second-order valence-corrected chi connectivity index (χ2v) is 5.86. The van der Waals surface area contributed by atoms with Gasteiger partial charge in [-0.3, -0.25) is 4.98 Å². The number of carbonyl (C=O) groups is 1. The van der Waals surface area contributed by atoms with E-state index in [1.54, 1.807) is 6.07 Å². The summed E-state index contributed by atoms with van der Waals surface area (Å²) in [6.45, 7) is 9.73. The van der Waals surface area contributed by atoms with Crippen molar-refractivity contribution in [1.82, 2.24) is 4.98 Å². The van der Waals surface area contributed by atoms with Crippen molar-refractivity contribution >= 4 is 18.7 Å². The monoisotopic (exact) mass is 278 g/mol. The first-order chi connectivity index (χ1) is 9.12. The van der Waals surface area contributed by atoms with E-state index < -0.39 is 24.4 Å². The maximum atomic E-state index is 10.8. The molecule has 0 spiro atoms. The first-order valence-electron chi connectivity index (χ1n) is 6.42. The maximum absolute atomic E-state index is 10.8. The Morgan fingerprint density at radius 2 is 1.85 bits per heavy atom. The summed E-state index contributed by atoms with van der Waals surface area (Å²) >= 11 is 0. The van der Waals surface area contributed by atoms with Crippen molar-refractivity contribution in [3.8, 4) is 5.75 Å². The lowest BCUT2D eigenvalue weighted by Gasteiger charge is -2.32. The van der Waals surface area contributed by atoms with E-state index in [4.69, 9.17) is 19.8 Å². The third kappa shape index (κ3) is 2.64. The summed E-state index contributed by atoms with van der Waals surface area (Å²) in [6.07, 6.45) is 0.560. The van der Waals surface area contributed by atoms with Crippen LogP contribution in [0.2, 0.25) is 0 Å². The molecule has 2 heterocycles. The summed E-state index contributed by atoms with van der Waals surface area (Å²) in [4.78, 5) is 15.0. The van der Waals surface area contributed by atoms with Crippen LogP contribution in [-0.2, 0) is 9.31 Å². The van der Waals surface area contributed by atoms with E-state index in [1.807, 2.05) is 34.6 Å². The smallest absolute Gasteiger partial charge is 0.409 e. The van der Waals surface area contributed by atoms with Crippen molar-refractivity contribution < 1.29 is 18.8 Å². The number of aromatic nitrogens is 1. The van der Waals surface area contributed by atoms with Gasteiger partial charge in [-0.2, -0.15) is 0 Å². The molecule has 7 heteroatoms. The van der Waals surface area contributed by atoms with Crippen molar-refractivity contribution in [3.05, 3.63) is 18.0 Å². The zero-order valence-electron chi connectivity index (χ0n) is 12.4. The minimum Gasteiger partial charge on any atom is -0.409 e. The molecule has 108 valence electrons. The summed E-state index contributed by atoms with van der Waals surface area (Å²) in [5.74, 6) is 0.271. The predicted molar refractivity (Wildman–Crippen MR) is 74.9 cm³/mol. The highest BCUT2D eigenvalue weighted by molar-refractivity contribution is 6.62. The fraction of sp³-hybridized carbons (Fsp3) is 0.538. The molecule has 1 aliphatic rings. The Kier molecular flexibility index (Phi) is 3.52. The summed E-state index contributed by atoms with van der Waals surface area (Å²) in [5, 5.41) is 0. The number of aryl methyl sites for hydroxylation is 1. The fourth-order valence-electron chi connectivity index (χ4n) is 1.91. The molecule has 0 aromatic carbocycles. The Morgan fingerprint density at radius 3 is 2.35 bits per heavy atom. The highest BCUT2D eigenvalue weighted by atomic mass is 16.7. The van der Waals surface area contributed by atoms with Gasteiger partial charge in [0.2, 0.25) is 0 Å². The molecule has 0 radical (unpaired) electrons. The van der Waals surface area contributed by atoms with Crippen molar-refractivity contribution in [2.24, 2.45) is 5.73 Å². The van der Waals surface area contributed by atoms with Gasteiger partial charge in [-0.1, -0.05) is 0 Å². The van der Waals surface area contributed by atoms with Crippen LogP contribution in [0.15, 0.2) is 12.3 Å². The molecular formula is C13H19BN2O4. The quantitative estimate of drug-likeness (QED) is 0.820. The van der Waals surface area contributed by atoms with Gasteiger partial charge in [0.1, 0.15) is 0 Å². The van der Waals surface area contributed by atoms with Gasteiger partial charge in [0.05, 0.1) is 17.4 Å². The molecule has 0 saturated carbocycles. The summed E-state index contributed by atoms with van der Waals surface area (Å²) in [7, 11) is -0.552. The van der Waals surface area contributed by atoms with E-state index in [9.17, 15) is 4.79 Å². The molecule has 2 N–H and O–H groups in total. The fourth-order valence-corrected chi connectivity index (χ4v) is 1.91. The number of hydrogen-bond acceptors (Lipinski definition) is 5. The van der Waals surface area contributed by atoms with Crippen LogP contribution in [0, 0.1) is 6.92 Å². The van der Waals surface area contributed by atoms with Gasteiger partial charge in [0.25, 0.3) is 0 Å². The third-order valence-electron chi connectivity index (χ3n) is 3.83. The normalized spacial score (nSPS) is 19.9. The van der Waals surface area contributed by atoms with E-state index in [1.165, 1.54) is 6.20 Å². The largest absolute Gasteiger partial charge is 0.496 e. The molecule has 1 aliphatic heterocycles. The number of hydrogen-bond donors (Lipinski definition) is 1. The average Bonchev–Trinajstić information content (AvgIpc) is 2.50. The molecule has 0 unspecified atom stereocenters. The number of nitrogens with two attached hydrogens (primary N) is 1. The number of ether oxygens (including phenoxy) is 1. The minimum absolute atomic E-state index is 0.271. The zero-order valence-corrected chi connectivity index (χ0v) is 12.4. The third-order valence-corrected chi connectivity index (χ3v) is 3.83. The van der Waals surface area contributed by atoms with Crippen molar-refractivity contribution in [3.63, 3.8) is 0 Å².